The Morgan fingerprint density at radius 1 is 1.08 bits per heavy atom. The lowest BCUT2D eigenvalue weighted by molar-refractivity contribution is 0.220. The van der Waals surface area contributed by atoms with Crippen LogP contribution in [-0.4, -0.2) is 50.6 Å². The monoisotopic (exact) mass is 503 g/mol. The zero-order valence-corrected chi connectivity index (χ0v) is 20.9. The fourth-order valence-corrected chi connectivity index (χ4v) is 7.12. The Kier molecular flexibility index (Phi) is 5.45. The molecule has 8 nitrogen and oxygen atoms in total. The lowest BCUT2D eigenvalue weighted by Crippen LogP contribution is -2.37. The van der Waals surface area contributed by atoms with Crippen molar-refractivity contribution in [3.63, 3.8) is 0 Å². The molecule has 36 heavy (non-hydrogen) atoms. The highest BCUT2D eigenvalue weighted by molar-refractivity contribution is 7.14. The van der Waals surface area contributed by atoms with Gasteiger partial charge in [-0.3, -0.25) is 18.4 Å². The van der Waals surface area contributed by atoms with Gasteiger partial charge in [-0.25, -0.2) is 4.98 Å². The van der Waals surface area contributed by atoms with Gasteiger partial charge in [-0.2, -0.15) is 0 Å². The molecule has 2 aromatic carbocycles. The van der Waals surface area contributed by atoms with Crippen LogP contribution in [0.5, 0.6) is 5.75 Å². The number of fused-ring (bicyclic) bond motifs is 5. The highest BCUT2D eigenvalue weighted by atomic mass is 32.1. The predicted octanol–water partition coefficient (Wildman–Crippen LogP) is 3.47. The van der Waals surface area contributed by atoms with Crippen molar-refractivity contribution in [1.82, 2.24) is 24.1 Å². The minimum atomic E-state index is -0.252. The summed E-state index contributed by atoms with van der Waals surface area (Å²) >= 11 is 1.43. The second-order valence-electron chi connectivity index (χ2n) is 10.3. The smallest absolute Gasteiger partial charge is 0.275 e. The largest absolute Gasteiger partial charge is 0.490 e. The van der Waals surface area contributed by atoms with E-state index in [9.17, 15) is 9.59 Å². The summed E-state index contributed by atoms with van der Waals surface area (Å²) in [6, 6.07) is 10.1. The van der Waals surface area contributed by atoms with Gasteiger partial charge >= 0.3 is 0 Å². The van der Waals surface area contributed by atoms with Gasteiger partial charge in [0.15, 0.2) is 0 Å². The SMILES string of the molecule is O=c1[nH]c2cc(CN3CCCCC3)cc3c2nc1-c1cccc2c(=O)n(sc12)C[C@H]1CCC(CO3)N1. The van der Waals surface area contributed by atoms with Crippen molar-refractivity contribution in [2.24, 2.45) is 0 Å². The molecule has 6 bridgehead atoms. The van der Waals surface area contributed by atoms with Crippen LogP contribution in [0.3, 0.4) is 0 Å². The number of nitrogens with one attached hydrogen (secondary N) is 2. The normalized spacial score (nSPS) is 22.3. The Balaban J connectivity index is 1.42. The van der Waals surface area contributed by atoms with E-state index in [4.69, 9.17) is 9.72 Å². The van der Waals surface area contributed by atoms with Crippen molar-refractivity contribution < 1.29 is 4.74 Å². The lowest BCUT2D eigenvalue weighted by atomic mass is 10.1. The molecule has 1 unspecified atom stereocenters. The maximum absolute atomic E-state index is 13.3. The van der Waals surface area contributed by atoms with Gasteiger partial charge in [-0.1, -0.05) is 30.1 Å². The number of piperidine rings is 1. The molecule has 2 aromatic heterocycles. The van der Waals surface area contributed by atoms with Gasteiger partial charge in [0.05, 0.1) is 22.1 Å². The molecule has 3 aliphatic rings. The first-order chi connectivity index (χ1) is 17.6. The Morgan fingerprint density at radius 3 is 2.83 bits per heavy atom. The predicted molar refractivity (Wildman–Crippen MR) is 142 cm³/mol. The average molecular weight is 504 g/mol. The lowest BCUT2D eigenvalue weighted by Gasteiger charge is -2.26. The summed E-state index contributed by atoms with van der Waals surface area (Å²) in [4.78, 5) is 36.9. The van der Waals surface area contributed by atoms with E-state index in [0.717, 1.165) is 42.7 Å². The van der Waals surface area contributed by atoms with Gasteiger partial charge in [0, 0.05) is 24.2 Å². The van der Waals surface area contributed by atoms with Crippen LogP contribution in [0, 0.1) is 0 Å². The van der Waals surface area contributed by atoms with Crippen LogP contribution in [0.4, 0.5) is 0 Å². The number of nitrogens with zero attached hydrogens (tertiary/aromatic N) is 3. The van der Waals surface area contributed by atoms with Gasteiger partial charge in [0.25, 0.3) is 11.1 Å². The number of H-pyrrole nitrogens is 1. The molecule has 0 aliphatic carbocycles. The summed E-state index contributed by atoms with van der Waals surface area (Å²) in [5, 5.41) is 4.30. The standard InChI is InChI=1S/C27H29N5O3S/c33-26-23-19-5-4-6-20-25(19)36-32(27(20)34)14-17-7-8-18(28-17)15-35-22-12-16(11-21(29-26)24(22)30-23)13-31-9-2-1-3-10-31/h4-6,11-12,17-18,28H,1-3,7-10,13-15H2,(H,29,33)/t17-,18?/m1/s1. The van der Waals surface area contributed by atoms with E-state index in [-0.39, 0.29) is 23.2 Å². The second-order valence-corrected chi connectivity index (χ2v) is 11.4. The van der Waals surface area contributed by atoms with Crippen molar-refractivity contribution in [3.05, 3.63) is 56.6 Å². The molecule has 0 saturated carbocycles. The molecule has 4 aromatic rings. The highest BCUT2D eigenvalue weighted by Gasteiger charge is 2.27. The van der Waals surface area contributed by atoms with E-state index in [1.807, 2.05) is 28.2 Å². The average Bonchev–Trinajstić information content (AvgIpc) is 3.46. The summed E-state index contributed by atoms with van der Waals surface area (Å²) in [7, 11) is 0. The molecule has 5 heterocycles. The van der Waals surface area contributed by atoms with Crippen LogP contribution >= 0.6 is 11.5 Å². The van der Waals surface area contributed by atoms with Crippen molar-refractivity contribution in [2.75, 3.05) is 19.7 Å². The molecule has 186 valence electrons. The Labute approximate surface area is 212 Å². The number of likely N-dealkylation sites (tertiary alicyclic amines) is 1. The third-order valence-electron chi connectivity index (χ3n) is 7.77. The number of rotatable bonds is 2. The maximum atomic E-state index is 13.3. The molecule has 0 spiro atoms. The zero-order chi connectivity index (χ0) is 24.2. The fourth-order valence-electron chi connectivity index (χ4n) is 5.94. The second kappa shape index (κ2) is 8.83. The summed E-state index contributed by atoms with van der Waals surface area (Å²) < 4.78 is 9.03. The molecule has 7 rings (SSSR count). The summed E-state index contributed by atoms with van der Waals surface area (Å²) in [6.07, 6.45) is 5.74. The Bertz CT molecular complexity index is 1580. The van der Waals surface area contributed by atoms with Gasteiger partial charge in [0.1, 0.15) is 23.6 Å². The van der Waals surface area contributed by atoms with E-state index in [2.05, 4.69) is 21.3 Å². The van der Waals surface area contributed by atoms with Crippen LogP contribution in [0.2, 0.25) is 0 Å². The van der Waals surface area contributed by atoms with E-state index in [0.29, 0.717) is 46.6 Å². The van der Waals surface area contributed by atoms with E-state index in [1.165, 1.54) is 30.8 Å². The maximum Gasteiger partial charge on any atom is 0.275 e. The number of hydrogen-bond donors (Lipinski definition) is 2. The molecular weight excluding hydrogens is 474 g/mol. The van der Waals surface area contributed by atoms with Crippen molar-refractivity contribution in [1.29, 1.82) is 0 Å². The molecule has 2 fully saturated rings. The summed E-state index contributed by atoms with van der Waals surface area (Å²) in [6.45, 7) is 4.17. The first-order valence-corrected chi connectivity index (χ1v) is 13.7. The fraction of sp³-hybridized carbons (Fsp3) is 0.444. The van der Waals surface area contributed by atoms with Crippen molar-refractivity contribution >= 4 is 32.7 Å². The highest BCUT2D eigenvalue weighted by Crippen LogP contribution is 2.32. The Hall–Kier alpha value is -3.01. The van der Waals surface area contributed by atoms with Gasteiger partial charge in [-0.05, 0) is 62.5 Å². The molecule has 0 amide bonds. The van der Waals surface area contributed by atoms with Crippen LogP contribution < -0.4 is 21.2 Å². The van der Waals surface area contributed by atoms with Crippen LogP contribution in [0.25, 0.3) is 32.4 Å². The van der Waals surface area contributed by atoms with E-state index < -0.39 is 0 Å². The Morgan fingerprint density at radius 2 is 1.94 bits per heavy atom. The number of hydrogen-bond acceptors (Lipinski definition) is 7. The third-order valence-corrected chi connectivity index (χ3v) is 8.92. The molecule has 3 aliphatic heterocycles. The quantitative estimate of drug-likeness (QED) is 0.435. The van der Waals surface area contributed by atoms with Crippen LogP contribution in [-0.2, 0) is 13.1 Å². The summed E-state index contributed by atoms with van der Waals surface area (Å²) in [5.74, 6) is 0.706. The molecule has 0 radical (unpaired) electrons. The number of aromatic amines is 1. The minimum Gasteiger partial charge on any atom is -0.490 e. The molecule has 9 heteroatoms. The first kappa shape index (κ1) is 22.2. The van der Waals surface area contributed by atoms with E-state index >= 15 is 0 Å². The van der Waals surface area contributed by atoms with Crippen LogP contribution in [0.1, 0.15) is 37.7 Å². The number of ether oxygens (including phenoxy) is 1. The van der Waals surface area contributed by atoms with Crippen molar-refractivity contribution in [3.8, 4) is 17.0 Å². The molecule has 2 N–H and O–H groups in total. The van der Waals surface area contributed by atoms with Crippen LogP contribution in [0.15, 0.2) is 39.9 Å². The van der Waals surface area contributed by atoms with E-state index in [1.54, 1.807) is 0 Å². The van der Waals surface area contributed by atoms with Gasteiger partial charge < -0.3 is 15.0 Å². The third kappa shape index (κ3) is 3.86. The topological polar surface area (TPSA) is 92.3 Å². The first-order valence-electron chi connectivity index (χ1n) is 12.9. The number of benzene rings is 2. The minimum absolute atomic E-state index is 0.00603. The van der Waals surface area contributed by atoms with Gasteiger partial charge in [0.2, 0.25) is 0 Å². The zero-order valence-electron chi connectivity index (χ0n) is 20.1. The molecule has 2 atom stereocenters. The van der Waals surface area contributed by atoms with Crippen molar-refractivity contribution in [2.45, 2.75) is 57.3 Å². The molecule has 2 saturated heterocycles. The van der Waals surface area contributed by atoms with Gasteiger partial charge in [-0.15, -0.1) is 0 Å². The summed E-state index contributed by atoms with van der Waals surface area (Å²) in [5.41, 5.74) is 3.23. The molecular formula is C27H29N5O3S. The number of aromatic nitrogens is 3.